The van der Waals surface area contributed by atoms with E-state index in [0.717, 1.165) is 32.0 Å². The van der Waals surface area contributed by atoms with Crippen LogP contribution in [-0.4, -0.2) is 24.1 Å². The summed E-state index contributed by atoms with van der Waals surface area (Å²) in [6, 6.07) is 2.45. The van der Waals surface area contributed by atoms with E-state index in [1.165, 1.54) is 6.07 Å². The normalized spacial score (nSPS) is 19.6. The van der Waals surface area contributed by atoms with E-state index < -0.39 is 10.7 Å². The largest absolute Gasteiger partial charge is 0.375 e. The first-order valence-corrected chi connectivity index (χ1v) is 6.48. The number of piperidine rings is 1. The molecule has 1 fully saturated rings. The summed E-state index contributed by atoms with van der Waals surface area (Å²) in [6.07, 6.45) is 1.92. The number of hydrogen-bond donors (Lipinski definition) is 2. The third-order valence-corrected chi connectivity index (χ3v) is 3.50. The van der Waals surface area contributed by atoms with E-state index in [1.807, 2.05) is 0 Å². The van der Waals surface area contributed by atoms with Crippen LogP contribution in [-0.2, 0) is 0 Å². The fourth-order valence-electron chi connectivity index (χ4n) is 2.00. The highest BCUT2D eigenvalue weighted by atomic mass is 79.9. The summed E-state index contributed by atoms with van der Waals surface area (Å²) >= 11 is 2.95. The molecule has 0 spiro atoms. The smallest absolute Gasteiger partial charge is 0.293 e. The van der Waals surface area contributed by atoms with Crippen LogP contribution in [0.15, 0.2) is 16.6 Å². The molecule has 1 unspecified atom stereocenters. The molecule has 7 heteroatoms. The zero-order valence-corrected chi connectivity index (χ0v) is 11.2. The Hall–Kier alpha value is -1.21. The standard InChI is InChI=1S/C11H13BrFN3O2/c12-8-4-11(16(17)18)10(5-9(8)13)15-7-2-1-3-14-6-7/h4-5,7,14-15H,1-3,6H2. The summed E-state index contributed by atoms with van der Waals surface area (Å²) in [6.45, 7) is 1.68. The predicted molar refractivity (Wildman–Crippen MR) is 70.3 cm³/mol. The van der Waals surface area contributed by atoms with Crippen molar-refractivity contribution in [2.75, 3.05) is 18.4 Å². The van der Waals surface area contributed by atoms with Crippen LogP contribution in [0.3, 0.4) is 0 Å². The molecule has 0 aliphatic carbocycles. The van der Waals surface area contributed by atoms with Gasteiger partial charge in [-0.15, -0.1) is 0 Å². The van der Waals surface area contributed by atoms with Crippen LogP contribution in [0.5, 0.6) is 0 Å². The van der Waals surface area contributed by atoms with Gasteiger partial charge in [-0.3, -0.25) is 10.1 Å². The minimum atomic E-state index is -0.511. The first-order valence-electron chi connectivity index (χ1n) is 5.68. The molecule has 5 nitrogen and oxygen atoms in total. The van der Waals surface area contributed by atoms with Crippen molar-refractivity contribution in [3.63, 3.8) is 0 Å². The number of anilines is 1. The maximum Gasteiger partial charge on any atom is 0.293 e. The highest BCUT2D eigenvalue weighted by Crippen LogP contribution is 2.31. The van der Waals surface area contributed by atoms with Crippen LogP contribution < -0.4 is 10.6 Å². The molecule has 1 saturated heterocycles. The minimum absolute atomic E-state index is 0.0954. The lowest BCUT2D eigenvalue weighted by Gasteiger charge is -2.24. The molecule has 0 radical (unpaired) electrons. The Balaban J connectivity index is 2.24. The Kier molecular flexibility index (Phi) is 4.13. The number of nitrogens with one attached hydrogen (secondary N) is 2. The Labute approximate surface area is 112 Å². The highest BCUT2D eigenvalue weighted by Gasteiger charge is 2.21. The van der Waals surface area contributed by atoms with E-state index in [0.29, 0.717) is 0 Å². The lowest BCUT2D eigenvalue weighted by molar-refractivity contribution is -0.384. The average molecular weight is 318 g/mol. The van der Waals surface area contributed by atoms with Gasteiger partial charge in [0, 0.05) is 24.7 Å². The van der Waals surface area contributed by atoms with E-state index in [2.05, 4.69) is 26.6 Å². The van der Waals surface area contributed by atoms with E-state index in [9.17, 15) is 14.5 Å². The Morgan fingerprint density at radius 2 is 2.33 bits per heavy atom. The van der Waals surface area contributed by atoms with Crippen LogP contribution in [0.4, 0.5) is 15.8 Å². The van der Waals surface area contributed by atoms with Crippen molar-refractivity contribution < 1.29 is 9.31 Å². The van der Waals surface area contributed by atoms with Gasteiger partial charge in [-0.05, 0) is 35.3 Å². The van der Waals surface area contributed by atoms with Crippen LogP contribution in [0.2, 0.25) is 0 Å². The predicted octanol–water partition coefficient (Wildman–Crippen LogP) is 2.66. The van der Waals surface area contributed by atoms with Gasteiger partial charge in [-0.2, -0.15) is 0 Å². The second-order valence-corrected chi connectivity index (χ2v) is 5.08. The maximum absolute atomic E-state index is 13.5. The van der Waals surface area contributed by atoms with E-state index >= 15 is 0 Å². The van der Waals surface area contributed by atoms with Crippen molar-refractivity contribution in [2.24, 2.45) is 0 Å². The molecule has 98 valence electrons. The summed E-state index contributed by atoms with van der Waals surface area (Å²) in [5, 5.41) is 17.2. The molecule has 1 aliphatic heterocycles. The Bertz CT molecular complexity index is 464. The Morgan fingerprint density at radius 1 is 1.56 bits per heavy atom. The molecule has 2 rings (SSSR count). The van der Waals surface area contributed by atoms with Gasteiger partial charge in [0.05, 0.1) is 9.40 Å². The lowest BCUT2D eigenvalue weighted by atomic mass is 10.1. The fourth-order valence-corrected chi connectivity index (χ4v) is 2.33. The Morgan fingerprint density at radius 3 is 2.94 bits per heavy atom. The molecule has 1 aliphatic rings. The number of nitrogens with zero attached hydrogens (tertiary/aromatic N) is 1. The topological polar surface area (TPSA) is 67.2 Å². The van der Waals surface area contributed by atoms with E-state index in [1.54, 1.807) is 0 Å². The van der Waals surface area contributed by atoms with Crippen molar-refractivity contribution in [3.8, 4) is 0 Å². The third-order valence-electron chi connectivity index (χ3n) is 2.89. The van der Waals surface area contributed by atoms with Crippen LogP contribution >= 0.6 is 15.9 Å². The van der Waals surface area contributed by atoms with Crippen molar-refractivity contribution >= 4 is 27.3 Å². The molecule has 1 aromatic rings. The first kappa shape index (κ1) is 13.2. The molecule has 0 amide bonds. The van der Waals surface area contributed by atoms with Crippen molar-refractivity contribution in [1.29, 1.82) is 0 Å². The summed E-state index contributed by atoms with van der Waals surface area (Å²) in [5.41, 5.74) is 0.114. The number of nitro benzene ring substituents is 1. The van der Waals surface area contributed by atoms with Gasteiger partial charge in [-0.25, -0.2) is 4.39 Å². The summed E-state index contributed by atoms with van der Waals surface area (Å²) in [7, 11) is 0. The zero-order chi connectivity index (χ0) is 13.1. The molecular formula is C11H13BrFN3O2. The number of rotatable bonds is 3. The van der Waals surface area contributed by atoms with Gasteiger partial charge in [-0.1, -0.05) is 0 Å². The molecule has 0 bridgehead atoms. The zero-order valence-electron chi connectivity index (χ0n) is 9.58. The van der Waals surface area contributed by atoms with Gasteiger partial charge in [0.25, 0.3) is 5.69 Å². The van der Waals surface area contributed by atoms with E-state index in [4.69, 9.17) is 0 Å². The third kappa shape index (κ3) is 2.97. The average Bonchev–Trinajstić information content (AvgIpc) is 2.34. The number of nitro groups is 1. The molecule has 1 atom stereocenters. The van der Waals surface area contributed by atoms with Crippen LogP contribution in [0.25, 0.3) is 0 Å². The van der Waals surface area contributed by atoms with Crippen molar-refractivity contribution in [2.45, 2.75) is 18.9 Å². The van der Waals surface area contributed by atoms with Crippen molar-refractivity contribution in [1.82, 2.24) is 5.32 Å². The second kappa shape index (κ2) is 5.62. The maximum atomic E-state index is 13.5. The molecule has 0 aromatic heterocycles. The summed E-state index contributed by atoms with van der Waals surface area (Å²) < 4.78 is 13.6. The summed E-state index contributed by atoms with van der Waals surface area (Å²) in [5.74, 6) is -0.508. The molecule has 1 heterocycles. The number of hydrogen-bond acceptors (Lipinski definition) is 4. The van der Waals surface area contributed by atoms with Gasteiger partial charge in [0.1, 0.15) is 11.5 Å². The number of halogens is 2. The molecular weight excluding hydrogens is 305 g/mol. The van der Waals surface area contributed by atoms with Gasteiger partial charge >= 0.3 is 0 Å². The fraction of sp³-hybridized carbons (Fsp3) is 0.455. The van der Waals surface area contributed by atoms with Gasteiger partial charge in [0.15, 0.2) is 0 Å². The van der Waals surface area contributed by atoms with Crippen molar-refractivity contribution in [3.05, 3.63) is 32.5 Å². The van der Waals surface area contributed by atoms with Crippen LogP contribution in [0, 0.1) is 15.9 Å². The highest BCUT2D eigenvalue weighted by molar-refractivity contribution is 9.10. The quantitative estimate of drug-likeness (QED) is 0.664. The first-order chi connectivity index (χ1) is 8.58. The monoisotopic (exact) mass is 317 g/mol. The minimum Gasteiger partial charge on any atom is -0.375 e. The molecule has 1 aromatic carbocycles. The van der Waals surface area contributed by atoms with Crippen LogP contribution in [0.1, 0.15) is 12.8 Å². The lowest BCUT2D eigenvalue weighted by Crippen LogP contribution is -2.38. The van der Waals surface area contributed by atoms with Gasteiger partial charge < -0.3 is 10.6 Å². The number of benzene rings is 1. The molecule has 18 heavy (non-hydrogen) atoms. The SMILES string of the molecule is O=[N+]([O-])c1cc(Br)c(F)cc1NC1CCCNC1. The van der Waals surface area contributed by atoms with Gasteiger partial charge in [0.2, 0.25) is 0 Å². The molecule has 2 N–H and O–H groups in total. The second-order valence-electron chi connectivity index (χ2n) is 4.23. The van der Waals surface area contributed by atoms with E-state index in [-0.39, 0.29) is 21.9 Å². The summed E-state index contributed by atoms with van der Waals surface area (Å²) in [4.78, 5) is 10.4. The molecule has 0 saturated carbocycles.